The van der Waals surface area contributed by atoms with Gasteiger partial charge in [0.05, 0.1) is 41.7 Å². The summed E-state index contributed by atoms with van der Waals surface area (Å²) in [5.41, 5.74) is 2.78. The Labute approximate surface area is 258 Å². The van der Waals surface area contributed by atoms with Crippen molar-refractivity contribution in [1.29, 1.82) is 0 Å². The molecule has 0 saturated carbocycles. The Balaban J connectivity index is 1.52. The SMILES string of the molecule is CCOC(=O)C1=C(C)N=c2s/c(=C\c3ccc(OCc4ccc(F)cc4)cc3)c(=O)n2[C@@H]1c1ccc(OC(C)C)c(OC)c1. The largest absolute Gasteiger partial charge is 0.493 e. The van der Waals surface area contributed by atoms with Crippen molar-refractivity contribution in [3.63, 3.8) is 0 Å². The van der Waals surface area contributed by atoms with E-state index in [-0.39, 0.29) is 29.7 Å². The summed E-state index contributed by atoms with van der Waals surface area (Å²) in [4.78, 5) is 32.3. The molecule has 4 aromatic rings. The van der Waals surface area contributed by atoms with E-state index >= 15 is 0 Å². The molecule has 44 heavy (non-hydrogen) atoms. The van der Waals surface area contributed by atoms with Gasteiger partial charge in [-0.3, -0.25) is 9.36 Å². The first-order valence-electron chi connectivity index (χ1n) is 14.2. The van der Waals surface area contributed by atoms with E-state index in [0.29, 0.717) is 44.4 Å². The molecule has 2 heterocycles. The second kappa shape index (κ2) is 13.3. The van der Waals surface area contributed by atoms with Gasteiger partial charge in [0.25, 0.3) is 5.56 Å². The number of hydrogen-bond acceptors (Lipinski definition) is 8. The van der Waals surface area contributed by atoms with E-state index in [0.717, 1.165) is 11.1 Å². The zero-order valence-electron chi connectivity index (χ0n) is 25.1. The van der Waals surface area contributed by atoms with E-state index in [1.165, 1.54) is 28.0 Å². The van der Waals surface area contributed by atoms with Crippen molar-refractivity contribution >= 4 is 23.4 Å². The molecule has 8 nitrogen and oxygen atoms in total. The molecule has 1 aliphatic rings. The van der Waals surface area contributed by atoms with Gasteiger partial charge in [0.1, 0.15) is 18.2 Å². The number of benzene rings is 3. The minimum absolute atomic E-state index is 0.0694. The highest BCUT2D eigenvalue weighted by Gasteiger charge is 2.34. The van der Waals surface area contributed by atoms with Crippen LogP contribution in [0.4, 0.5) is 4.39 Å². The molecule has 5 rings (SSSR count). The Bertz CT molecular complexity index is 1870. The number of carbonyl (C=O) groups excluding carboxylic acids is 1. The van der Waals surface area contributed by atoms with Gasteiger partial charge in [-0.25, -0.2) is 14.2 Å². The molecule has 0 aliphatic carbocycles. The van der Waals surface area contributed by atoms with Crippen LogP contribution in [0.1, 0.15) is 50.4 Å². The lowest BCUT2D eigenvalue weighted by Gasteiger charge is -2.25. The van der Waals surface area contributed by atoms with Gasteiger partial charge in [0.2, 0.25) is 0 Å². The lowest BCUT2D eigenvalue weighted by Crippen LogP contribution is -2.40. The van der Waals surface area contributed by atoms with Crippen LogP contribution in [-0.2, 0) is 16.1 Å². The zero-order chi connectivity index (χ0) is 31.4. The van der Waals surface area contributed by atoms with Crippen LogP contribution in [0, 0.1) is 5.82 Å². The van der Waals surface area contributed by atoms with Crippen LogP contribution in [0.2, 0.25) is 0 Å². The Morgan fingerprint density at radius 2 is 1.80 bits per heavy atom. The molecule has 3 aromatic carbocycles. The highest BCUT2D eigenvalue weighted by molar-refractivity contribution is 7.07. The number of carbonyl (C=O) groups is 1. The van der Waals surface area contributed by atoms with Crippen LogP contribution in [-0.4, -0.2) is 30.4 Å². The summed E-state index contributed by atoms with van der Waals surface area (Å²) < 4.78 is 37.9. The number of aromatic nitrogens is 1. The van der Waals surface area contributed by atoms with Crippen molar-refractivity contribution < 1.29 is 28.1 Å². The summed E-state index contributed by atoms with van der Waals surface area (Å²) >= 11 is 1.24. The van der Waals surface area contributed by atoms with E-state index in [4.69, 9.17) is 18.9 Å². The number of halogens is 1. The van der Waals surface area contributed by atoms with Gasteiger partial charge >= 0.3 is 5.97 Å². The molecule has 0 fully saturated rings. The minimum atomic E-state index is -0.781. The molecule has 0 radical (unpaired) electrons. The number of allylic oxidation sites excluding steroid dienone is 1. The predicted molar refractivity (Wildman–Crippen MR) is 166 cm³/mol. The molecule has 10 heteroatoms. The van der Waals surface area contributed by atoms with Crippen LogP contribution in [0.25, 0.3) is 6.08 Å². The predicted octanol–water partition coefficient (Wildman–Crippen LogP) is 5.31. The lowest BCUT2D eigenvalue weighted by atomic mass is 9.95. The Morgan fingerprint density at radius 3 is 2.45 bits per heavy atom. The summed E-state index contributed by atoms with van der Waals surface area (Å²) in [6.07, 6.45) is 1.72. The molecule has 0 amide bonds. The Morgan fingerprint density at radius 1 is 1.07 bits per heavy atom. The molecule has 0 N–H and O–H groups in total. The van der Waals surface area contributed by atoms with Crippen molar-refractivity contribution in [3.8, 4) is 17.2 Å². The average Bonchev–Trinajstić information content (AvgIpc) is 3.30. The highest BCUT2D eigenvalue weighted by Crippen LogP contribution is 2.36. The van der Waals surface area contributed by atoms with Crippen LogP contribution < -0.4 is 29.1 Å². The highest BCUT2D eigenvalue weighted by atomic mass is 32.1. The molecule has 0 spiro atoms. The van der Waals surface area contributed by atoms with Crippen molar-refractivity contribution in [2.75, 3.05) is 13.7 Å². The fraction of sp³-hybridized carbons (Fsp3) is 0.265. The maximum absolute atomic E-state index is 14.0. The van der Waals surface area contributed by atoms with Crippen molar-refractivity contribution in [2.24, 2.45) is 4.99 Å². The number of thiazole rings is 1. The molecule has 0 saturated heterocycles. The molecule has 1 aromatic heterocycles. The third-order valence-corrected chi connectivity index (χ3v) is 7.86. The molecule has 1 aliphatic heterocycles. The van der Waals surface area contributed by atoms with Gasteiger partial charge in [-0.05, 0) is 86.9 Å². The van der Waals surface area contributed by atoms with Crippen molar-refractivity contribution in [3.05, 3.63) is 120 Å². The molecular formula is C34H33FN2O6S. The minimum Gasteiger partial charge on any atom is -0.493 e. The standard InChI is InChI=1S/C34H33FN2O6S/c1-6-41-33(39)30-21(4)36-34-37(31(30)24-11-16-27(43-20(2)3)28(18-24)40-5)32(38)29(44-34)17-22-9-14-26(15-10-22)42-19-23-7-12-25(35)13-8-23/h7-18,20,31H,6,19H2,1-5H3/b29-17-/t31-/m1/s1. The van der Waals surface area contributed by atoms with Crippen molar-refractivity contribution in [1.82, 2.24) is 4.57 Å². The number of fused-ring (bicyclic) bond motifs is 1. The lowest BCUT2D eigenvalue weighted by molar-refractivity contribution is -0.139. The smallest absolute Gasteiger partial charge is 0.338 e. The van der Waals surface area contributed by atoms with Crippen LogP contribution in [0.5, 0.6) is 17.2 Å². The fourth-order valence-electron chi connectivity index (χ4n) is 4.87. The van der Waals surface area contributed by atoms with Gasteiger partial charge < -0.3 is 18.9 Å². The summed E-state index contributed by atoms with van der Waals surface area (Å²) in [5.74, 6) is 0.850. The monoisotopic (exact) mass is 616 g/mol. The molecule has 0 bridgehead atoms. The summed E-state index contributed by atoms with van der Waals surface area (Å²) in [6.45, 7) is 7.80. The van der Waals surface area contributed by atoms with Gasteiger partial charge in [-0.2, -0.15) is 0 Å². The third kappa shape index (κ3) is 6.60. The number of nitrogens with zero attached hydrogens (tertiary/aromatic N) is 2. The number of methoxy groups -OCH3 is 1. The van der Waals surface area contributed by atoms with Gasteiger partial charge in [-0.1, -0.05) is 41.7 Å². The number of rotatable bonds is 10. The molecular weight excluding hydrogens is 583 g/mol. The molecule has 1 atom stereocenters. The maximum atomic E-state index is 14.0. The molecule has 0 unspecified atom stereocenters. The normalized spacial score (nSPS) is 14.7. The number of ether oxygens (including phenoxy) is 4. The van der Waals surface area contributed by atoms with E-state index in [1.54, 1.807) is 51.3 Å². The number of hydrogen-bond donors (Lipinski definition) is 0. The first-order valence-corrected chi connectivity index (χ1v) is 15.0. The van der Waals surface area contributed by atoms with Crippen LogP contribution >= 0.6 is 11.3 Å². The van der Waals surface area contributed by atoms with Crippen LogP contribution in [0.3, 0.4) is 0 Å². The zero-order valence-corrected chi connectivity index (χ0v) is 25.9. The van der Waals surface area contributed by atoms with Gasteiger partial charge in [0.15, 0.2) is 16.3 Å². The van der Waals surface area contributed by atoms with Gasteiger partial charge in [-0.15, -0.1) is 0 Å². The summed E-state index contributed by atoms with van der Waals surface area (Å²) in [5, 5.41) is 0. The van der Waals surface area contributed by atoms with E-state index in [9.17, 15) is 14.0 Å². The number of esters is 1. The summed E-state index contributed by atoms with van der Waals surface area (Å²) in [6, 6.07) is 18.1. The topological polar surface area (TPSA) is 88.4 Å². The Kier molecular flexibility index (Phi) is 9.29. The van der Waals surface area contributed by atoms with E-state index in [2.05, 4.69) is 4.99 Å². The third-order valence-electron chi connectivity index (χ3n) is 6.88. The van der Waals surface area contributed by atoms with E-state index in [1.807, 2.05) is 44.2 Å². The Hall–Kier alpha value is -4.70. The second-order valence-electron chi connectivity index (χ2n) is 10.4. The van der Waals surface area contributed by atoms with Crippen LogP contribution in [0.15, 0.2) is 87.8 Å². The quantitative estimate of drug-likeness (QED) is 0.225. The van der Waals surface area contributed by atoms with E-state index < -0.39 is 12.0 Å². The molecule has 228 valence electrons. The maximum Gasteiger partial charge on any atom is 0.338 e. The first kappa shape index (κ1) is 30.7. The van der Waals surface area contributed by atoms with Crippen molar-refractivity contribution in [2.45, 2.75) is 46.4 Å². The summed E-state index contributed by atoms with van der Waals surface area (Å²) in [7, 11) is 1.55. The van der Waals surface area contributed by atoms with Gasteiger partial charge in [0, 0.05) is 0 Å². The average molecular weight is 617 g/mol. The first-order chi connectivity index (χ1) is 21.2. The second-order valence-corrected chi connectivity index (χ2v) is 11.4. The fourth-order valence-corrected chi connectivity index (χ4v) is 5.92.